The Morgan fingerprint density at radius 2 is 2.00 bits per heavy atom. The van der Waals surface area contributed by atoms with Gasteiger partial charge < -0.3 is 21.3 Å². The topological polar surface area (TPSA) is 127 Å². The summed E-state index contributed by atoms with van der Waals surface area (Å²) in [7, 11) is 1.26. The number of anilines is 1. The minimum absolute atomic E-state index is 0.0660. The van der Waals surface area contributed by atoms with Crippen molar-refractivity contribution < 1.29 is 14.6 Å². The van der Waals surface area contributed by atoms with E-state index in [4.69, 9.17) is 16.2 Å². The SMILES string of the molecule is COC(=O)c1cccc(N2C(N)=NC(N)=NC23CCCCC3)c1O. The van der Waals surface area contributed by atoms with E-state index in [2.05, 4.69) is 9.98 Å². The molecule has 0 bridgehead atoms. The number of rotatable bonds is 2. The Balaban J connectivity index is 2.13. The molecule has 1 aliphatic carbocycles. The average Bonchev–Trinajstić information content (AvgIpc) is 2.55. The van der Waals surface area contributed by atoms with E-state index in [1.165, 1.54) is 13.2 Å². The maximum absolute atomic E-state index is 11.9. The molecule has 1 aromatic carbocycles. The van der Waals surface area contributed by atoms with Gasteiger partial charge in [0, 0.05) is 0 Å². The van der Waals surface area contributed by atoms with E-state index in [1.54, 1.807) is 17.0 Å². The van der Waals surface area contributed by atoms with Gasteiger partial charge >= 0.3 is 5.97 Å². The highest BCUT2D eigenvalue weighted by Gasteiger charge is 2.43. The second-order valence-corrected chi connectivity index (χ2v) is 5.98. The minimum atomic E-state index is -0.680. The van der Waals surface area contributed by atoms with Gasteiger partial charge in [-0.25, -0.2) is 9.79 Å². The monoisotopic (exact) mass is 331 g/mol. The van der Waals surface area contributed by atoms with E-state index in [-0.39, 0.29) is 23.2 Å². The molecule has 0 atom stereocenters. The first kappa shape index (κ1) is 16.1. The Bertz CT molecular complexity index is 722. The maximum Gasteiger partial charge on any atom is 0.341 e. The zero-order valence-electron chi connectivity index (χ0n) is 13.5. The standard InChI is InChI=1S/C16H21N5O3/c1-24-13(23)10-6-5-7-11(12(10)22)21-15(18)19-14(17)20-16(21)8-3-2-4-9-16/h5-7,22H,2-4,8-9H2,1H3,(H4,17,18,19,20). The van der Waals surface area contributed by atoms with Crippen LogP contribution in [0.1, 0.15) is 42.5 Å². The molecule has 1 aromatic rings. The smallest absolute Gasteiger partial charge is 0.341 e. The van der Waals surface area contributed by atoms with Crippen LogP contribution in [-0.4, -0.2) is 35.8 Å². The zero-order valence-corrected chi connectivity index (χ0v) is 13.5. The molecule has 1 spiro atoms. The Morgan fingerprint density at radius 1 is 1.29 bits per heavy atom. The number of aromatic hydroxyl groups is 1. The number of nitrogens with zero attached hydrogens (tertiary/aromatic N) is 3. The van der Waals surface area contributed by atoms with Crippen molar-refractivity contribution in [3.63, 3.8) is 0 Å². The van der Waals surface area contributed by atoms with Crippen LogP contribution in [0.25, 0.3) is 0 Å². The first-order valence-corrected chi connectivity index (χ1v) is 7.88. The van der Waals surface area contributed by atoms with Gasteiger partial charge in [0.15, 0.2) is 5.75 Å². The lowest BCUT2D eigenvalue weighted by atomic mass is 9.87. The maximum atomic E-state index is 11.9. The number of guanidine groups is 2. The van der Waals surface area contributed by atoms with Crippen molar-refractivity contribution in [1.29, 1.82) is 0 Å². The number of carbonyl (C=O) groups excluding carboxylic acids is 1. The minimum Gasteiger partial charge on any atom is -0.505 e. The summed E-state index contributed by atoms with van der Waals surface area (Å²) in [6, 6.07) is 4.83. The molecule has 2 aliphatic rings. The number of carbonyl (C=O) groups is 1. The zero-order chi connectivity index (χ0) is 17.3. The molecule has 1 aliphatic heterocycles. The molecule has 1 heterocycles. The Hall–Kier alpha value is -2.77. The van der Waals surface area contributed by atoms with Crippen LogP contribution in [0.2, 0.25) is 0 Å². The summed E-state index contributed by atoms with van der Waals surface area (Å²) in [4.78, 5) is 22.1. The summed E-state index contributed by atoms with van der Waals surface area (Å²) in [6.45, 7) is 0. The highest BCUT2D eigenvalue weighted by molar-refractivity contribution is 6.07. The molecular formula is C16H21N5O3. The van der Waals surface area contributed by atoms with Crippen molar-refractivity contribution in [2.24, 2.45) is 21.5 Å². The van der Waals surface area contributed by atoms with Crippen LogP contribution in [0.5, 0.6) is 5.75 Å². The number of benzene rings is 1. The van der Waals surface area contributed by atoms with E-state index in [1.807, 2.05) is 0 Å². The van der Waals surface area contributed by atoms with E-state index in [0.717, 1.165) is 32.1 Å². The van der Waals surface area contributed by atoms with Gasteiger partial charge in [0.05, 0.1) is 12.8 Å². The highest BCUT2D eigenvalue weighted by Crippen LogP contribution is 2.43. The molecule has 0 amide bonds. The molecule has 128 valence electrons. The summed E-state index contributed by atoms with van der Waals surface area (Å²) in [5.41, 5.74) is 11.7. The Kier molecular flexibility index (Phi) is 4.04. The van der Waals surface area contributed by atoms with Crippen molar-refractivity contribution in [3.8, 4) is 5.75 Å². The van der Waals surface area contributed by atoms with Gasteiger partial charge in [-0.05, 0) is 37.8 Å². The molecule has 8 nitrogen and oxygen atoms in total. The number of phenolic OH excluding ortho intramolecular Hbond substituents is 1. The lowest BCUT2D eigenvalue weighted by Crippen LogP contribution is -2.58. The third-order valence-electron chi connectivity index (χ3n) is 4.51. The molecule has 0 radical (unpaired) electrons. The summed E-state index contributed by atoms with van der Waals surface area (Å²) in [5, 5.41) is 10.6. The predicted molar refractivity (Wildman–Crippen MR) is 91.0 cm³/mol. The number of aliphatic imine (C=N–C) groups is 2. The third kappa shape index (κ3) is 2.53. The summed E-state index contributed by atoms with van der Waals surface area (Å²) < 4.78 is 4.71. The number of hydrogen-bond donors (Lipinski definition) is 3. The van der Waals surface area contributed by atoms with Crippen LogP contribution < -0.4 is 16.4 Å². The van der Waals surface area contributed by atoms with Gasteiger partial charge in [-0.2, -0.15) is 4.99 Å². The molecule has 8 heteroatoms. The van der Waals surface area contributed by atoms with Crippen LogP contribution in [0.3, 0.4) is 0 Å². The summed E-state index contributed by atoms with van der Waals surface area (Å²) in [5.74, 6) is -0.540. The first-order chi connectivity index (χ1) is 11.5. The number of hydrogen-bond acceptors (Lipinski definition) is 8. The fraction of sp³-hybridized carbons (Fsp3) is 0.438. The average molecular weight is 331 g/mol. The molecule has 3 rings (SSSR count). The second-order valence-electron chi connectivity index (χ2n) is 5.98. The van der Waals surface area contributed by atoms with Crippen molar-refractivity contribution in [2.75, 3.05) is 12.0 Å². The molecular weight excluding hydrogens is 310 g/mol. The molecule has 5 N–H and O–H groups in total. The quantitative estimate of drug-likeness (QED) is 0.701. The van der Waals surface area contributed by atoms with Gasteiger partial charge in [-0.15, -0.1) is 0 Å². The Labute approximate surface area is 139 Å². The van der Waals surface area contributed by atoms with Crippen molar-refractivity contribution in [2.45, 2.75) is 37.8 Å². The number of esters is 1. The van der Waals surface area contributed by atoms with Gasteiger partial charge in [-0.1, -0.05) is 12.5 Å². The van der Waals surface area contributed by atoms with Gasteiger partial charge in [0.2, 0.25) is 11.9 Å². The second kappa shape index (κ2) is 6.03. The normalized spacial score (nSPS) is 19.6. The van der Waals surface area contributed by atoms with E-state index in [9.17, 15) is 9.90 Å². The number of para-hydroxylation sites is 1. The van der Waals surface area contributed by atoms with Crippen molar-refractivity contribution in [3.05, 3.63) is 23.8 Å². The van der Waals surface area contributed by atoms with Crippen LogP contribution in [0.4, 0.5) is 5.69 Å². The lowest BCUT2D eigenvalue weighted by molar-refractivity contribution is 0.0597. The first-order valence-electron chi connectivity index (χ1n) is 7.88. The van der Waals surface area contributed by atoms with Crippen molar-refractivity contribution in [1.82, 2.24) is 0 Å². The van der Waals surface area contributed by atoms with Gasteiger partial charge in [0.1, 0.15) is 11.2 Å². The van der Waals surface area contributed by atoms with E-state index in [0.29, 0.717) is 5.69 Å². The van der Waals surface area contributed by atoms with Crippen LogP contribution in [0.15, 0.2) is 28.2 Å². The fourth-order valence-corrected chi connectivity index (χ4v) is 3.46. The van der Waals surface area contributed by atoms with Crippen LogP contribution >= 0.6 is 0 Å². The number of methoxy groups -OCH3 is 1. The summed E-state index contributed by atoms with van der Waals surface area (Å²) in [6.07, 6.45) is 4.53. The lowest BCUT2D eigenvalue weighted by Gasteiger charge is -2.45. The van der Waals surface area contributed by atoms with Gasteiger partial charge in [-0.3, -0.25) is 4.90 Å². The largest absolute Gasteiger partial charge is 0.505 e. The van der Waals surface area contributed by atoms with Gasteiger partial charge in [0.25, 0.3) is 0 Å². The number of phenols is 1. The highest BCUT2D eigenvalue weighted by atomic mass is 16.5. The van der Waals surface area contributed by atoms with E-state index >= 15 is 0 Å². The molecule has 24 heavy (non-hydrogen) atoms. The molecule has 1 saturated carbocycles. The van der Waals surface area contributed by atoms with E-state index < -0.39 is 11.6 Å². The van der Waals surface area contributed by atoms with Crippen LogP contribution in [-0.2, 0) is 4.74 Å². The number of nitrogens with two attached hydrogens (primary N) is 2. The Morgan fingerprint density at radius 3 is 2.67 bits per heavy atom. The molecule has 0 aromatic heterocycles. The predicted octanol–water partition coefficient (Wildman–Crippen LogP) is 1.29. The molecule has 0 saturated heterocycles. The van der Waals surface area contributed by atoms with Crippen LogP contribution in [0, 0.1) is 0 Å². The summed E-state index contributed by atoms with van der Waals surface area (Å²) >= 11 is 0. The number of ether oxygens (including phenoxy) is 1. The molecule has 1 fully saturated rings. The third-order valence-corrected chi connectivity index (χ3v) is 4.51. The fourth-order valence-electron chi connectivity index (χ4n) is 3.46. The molecule has 0 unspecified atom stereocenters. The van der Waals surface area contributed by atoms with Crippen molar-refractivity contribution >= 4 is 23.6 Å².